The second-order valence-electron chi connectivity index (χ2n) is 6.14. The smallest absolute Gasteiger partial charge is 0.338 e. The third kappa shape index (κ3) is 4.16. The Bertz CT molecular complexity index is 1140. The van der Waals surface area contributed by atoms with Crippen LogP contribution in [-0.4, -0.2) is 39.6 Å². The van der Waals surface area contributed by atoms with Gasteiger partial charge in [-0.05, 0) is 44.2 Å². The van der Waals surface area contributed by atoms with Crippen LogP contribution in [0.15, 0.2) is 58.3 Å². The Morgan fingerprint density at radius 3 is 2.59 bits per heavy atom. The minimum Gasteiger partial charge on any atom is -0.478 e. The highest BCUT2D eigenvalue weighted by Crippen LogP contribution is 2.22. The van der Waals surface area contributed by atoms with E-state index < -0.39 is 11.9 Å². The fourth-order valence-corrected chi connectivity index (χ4v) is 2.77. The summed E-state index contributed by atoms with van der Waals surface area (Å²) in [7, 11) is 0. The minimum absolute atomic E-state index is 0.0503. The number of aryl methyl sites for hydroxylation is 1. The van der Waals surface area contributed by atoms with E-state index in [1.165, 1.54) is 29.1 Å². The highest BCUT2D eigenvalue weighted by molar-refractivity contribution is 5.98. The number of carboxylic acids is 1. The molecular weight excluding hydrogens is 374 g/mol. The van der Waals surface area contributed by atoms with Crippen molar-refractivity contribution in [1.29, 1.82) is 0 Å². The molecule has 0 bridgehead atoms. The lowest BCUT2D eigenvalue weighted by atomic mass is 10.1. The van der Waals surface area contributed by atoms with E-state index in [9.17, 15) is 19.5 Å². The molecule has 2 N–H and O–H groups in total. The summed E-state index contributed by atoms with van der Waals surface area (Å²) in [5, 5.41) is 12.4. The number of nitrogens with zero attached hydrogens (tertiary/aromatic N) is 2. The number of carbonyl (C=O) groups is 2. The van der Waals surface area contributed by atoms with Gasteiger partial charge in [0.25, 0.3) is 5.56 Å². The van der Waals surface area contributed by atoms with Crippen molar-refractivity contribution in [2.45, 2.75) is 13.8 Å². The van der Waals surface area contributed by atoms with Crippen molar-refractivity contribution in [3.05, 3.63) is 81.3 Å². The van der Waals surface area contributed by atoms with E-state index in [0.717, 1.165) is 0 Å². The number of aromatic amines is 1. The molecule has 0 saturated carbocycles. The highest BCUT2D eigenvalue weighted by atomic mass is 16.5. The van der Waals surface area contributed by atoms with Crippen molar-refractivity contribution < 1.29 is 19.4 Å². The third-order valence-electron chi connectivity index (χ3n) is 4.20. The number of para-hydroxylation sites is 1. The van der Waals surface area contributed by atoms with Crippen LogP contribution in [0.4, 0.5) is 5.69 Å². The molecule has 148 valence electrons. The van der Waals surface area contributed by atoms with E-state index in [0.29, 0.717) is 11.4 Å². The third-order valence-corrected chi connectivity index (χ3v) is 4.20. The second kappa shape index (κ2) is 8.39. The van der Waals surface area contributed by atoms with Gasteiger partial charge in [-0.1, -0.05) is 18.2 Å². The molecule has 0 atom stereocenters. The van der Waals surface area contributed by atoms with Crippen LogP contribution in [0, 0.1) is 6.92 Å². The summed E-state index contributed by atoms with van der Waals surface area (Å²) in [5.41, 5.74) is 1.33. The highest BCUT2D eigenvalue weighted by Gasteiger charge is 2.15. The molecule has 3 rings (SSSR count). The Balaban J connectivity index is 2.03. The van der Waals surface area contributed by atoms with Crippen molar-refractivity contribution in [2.24, 2.45) is 4.99 Å². The first-order valence-corrected chi connectivity index (χ1v) is 8.88. The quantitative estimate of drug-likeness (QED) is 0.493. The molecule has 0 unspecified atom stereocenters. The number of ether oxygens (including phenoxy) is 1. The molecule has 3 aromatic rings. The van der Waals surface area contributed by atoms with Crippen molar-refractivity contribution in [2.75, 3.05) is 6.61 Å². The van der Waals surface area contributed by atoms with Gasteiger partial charge in [0.2, 0.25) is 0 Å². The zero-order valence-corrected chi connectivity index (χ0v) is 15.9. The molecule has 0 aliphatic carbocycles. The largest absolute Gasteiger partial charge is 0.478 e. The molecule has 0 amide bonds. The number of esters is 1. The Morgan fingerprint density at radius 1 is 1.21 bits per heavy atom. The van der Waals surface area contributed by atoms with E-state index in [4.69, 9.17) is 4.74 Å². The second-order valence-corrected chi connectivity index (χ2v) is 6.14. The minimum atomic E-state index is -1.19. The van der Waals surface area contributed by atoms with Crippen LogP contribution in [-0.2, 0) is 4.74 Å². The summed E-state index contributed by atoms with van der Waals surface area (Å²) < 4.78 is 6.32. The molecule has 0 radical (unpaired) electrons. The van der Waals surface area contributed by atoms with Crippen molar-refractivity contribution in [1.82, 2.24) is 9.78 Å². The van der Waals surface area contributed by atoms with Crippen LogP contribution in [0.3, 0.4) is 0 Å². The fraction of sp³-hybridized carbons (Fsp3) is 0.143. The van der Waals surface area contributed by atoms with Crippen molar-refractivity contribution in [3.63, 3.8) is 0 Å². The summed E-state index contributed by atoms with van der Waals surface area (Å²) >= 11 is 0. The van der Waals surface area contributed by atoms with Gasteiger partial charge in [-0.25, -0.2) is 14.3 Å². The summed E-state index contributed by atoms with van der Waals surface area (Å²) in [6, 6.07) is 13.0. The predicted molar refractivity (Wildman–Crippen MR) is 108 cm³/mol. The summed E-state index contributed by atoms with van der Waals surface area (Å²) in [4.78, 5) is 40.4. The first-order valence-electron chi connectivity index (χ1n) is 8.88. The van der Waals surface area contributed by atoms with Gasteiger partial charge in [0.1, 0.15) is 0 Å². The molecule has 0 spiro atoms. The lowest BCUT2D eigenvalue weighted by molar-refractivity contribution is 0.0525. The van der Waals surface area contributed by atoms with E-state index in [-0.39, 0.29) is 34.5 Å². The molecule has 0 aliphatic rings. The van der Waals surface area contributed by atoms with Gasteiger partial charge in [0.15, 0.2) is 0 Å². The zero-order valence-electron chi connectivity index (χ0n) is 15.9. The number of aromatic carboxylic acids is 1. The molecule has 0 aliphatic heterocycles. The van der Waals surface area contributed by atoms with Gasteiger partial charge in [-0.15, -0.1) is 0 Å². The number of rotatable bonds is 6. The molecule has 29 heavy (non-hydrogen) atoms. The summed E-state index contributed by atoms with van der Waals surface area (Å²) in [6.45, 7) is 3.59. The van der Waals surface area contributed by atoms with Crippen molar-refractivity contribution >= 4 is 23.8 Å². The van der Waals surface area contributed by atoms with Crippen LogP contribution >= 0.6 is 0 Å². The predicted octanol–water partition coefficient (Wildman–Crippen LogP) is 3.10. The average Bonchev–Trinajstić information content (AvgIpc) is 3.00. The van der Waals surface area contributed by atoms with Gasteiger partial charge < -0.3 is 9.84 Å². The Morgan fingerprint density at radius 2 is 1.93 bits per heavy atom. The number of hydrogen-bond acceptors (Lipinski definition) is 5. The average molecular weight is 393 g/mol. The van der Waals surface area contributed by atoms with Gasteiger partial charge in [0.05, 0.1) is 34.7 Å². The zero-order chi connectivity index (χ0) is 21.0. The maximum absolute atomic E-state index is 12.7. The van der Waals surface area contributed by atoms with Crippen LogP contribution in [0.2, 0.25) is 0 Å². The number of aromatic nitrogens is 2. The number of carboxylic acid groups (broad SMARTS) is 1. The topological polar surface area (TPSA) is 114 Å². The van der Waals surface area contributed by atoms with E-state index >= 15 is 0 Å². The van der Waals surface area contributed by atoms with E-state index in [2.05, 4.69) is 10.1 Å². The SMILES string of the molecule is CCOC(=O)c1ccc(C(=O)O)c(N=Cc2c(C)[nH]n(-c3ccccc3)c2=O)c1. The molecule has 1 aromatic heterocycles. The van der Waals surface area contributed by atoms with E-state index in [1.807, 2.05) is 18.2 Å². The van der Waals surface area contributed by atoms with Gasteiger partial charge in [-0.2, -0.15) is 0 Å². The monoisotopic (exact) mass is 393 g/mol. The standard InChI is InChI=1S/C21H19N3O5/c1-3-29-21(28)14-9-10-16(20(26)27)18(11-14)22-12-17-13(2)23-24(19(17)25)15-7-5-4-6-8-15/h4-12,23H,3H2,1-2H3,(H,26,27). The Labute approximate surface area is 166 Å². The first kappa shape index (κ1) is 19.8. The Kier molecular flexibility index (Phi) is 5.73. The molecule has 0 saturated heterocycles. The van der Waals surface area contributed by atoms with Gasteiger partial charge in [-0.3, -0.25) is 14.9 Å². The first-order chi connectivity index (χ1) is 13.9. The molecule has 2 aromatic carbocycles. The van der Waals surface area contributed by atoms with Crippen LogP contribution < -0.4 is 5.56 Å². The van der Waals surface area contributed by atoms with Crippen LogP contribution in [0.1, 0.15) is 38.9 Å². The van der Waals surface area contributed by atoms with Crippen molar-refractivity contribution in [3.8, 4) is 5.69 Å². The number of carbonyl (C=O) groups excluding carboxylic acids is 1. The maximum atomic E-state index is 12.7. The lowest BCUT2D eigenvalue weighted by Gasteiger charge is -2.05. The number of hydrogen-bond donors (Lipinski definition) is 2. The van der Waals surface area contributed by atoms with Crippen LogP contribution in [0.5, 0.6) is 0 Å². The summed E-state index contributed by atoms with van der Waals surface area (Å²) in [6.07, 6.45) is 1.30. The molecule has 0 fully saturated rings. The number of benzene rings is 2. The van der Waals surface area contributed by atoms with Crippen LogP contribution in [0.25, 0.3) is 5.69 Å². The number of aliphatic imine (C=N–C) groups is 1. The molecular formula is C21H19N3O5. The fourth-order valence-electron chi connectivity index (χ4n) is 2.77. The Hall–Kier alpha value is -3.94. The van der Waals surface area contributed by atoms with Gasteiger partial charge in [0, 0.05) is 11.9 Å². The number of H-pyrrole nitrogens is 1. The number of nitrogens with one attached hydrogen (secondary N) is 1. The lowest BCUT2D eigenvalue weighted by Crippen LogP contribution is -2.17. The van der Waals surface area contributed by atoms with Gasteiger partial charge >= 0.3 is 11.9 Å². The summed E-state index contributed by atoms with van der Waals surface area (Å²) in [5.74, 6) is -1.77. The normalized spacial score (nSPS) is 11.0. The maximum Gasteiger partial charge on any atom is 0.338 e. The molecule has 1 heterocycles. The molecule has 8 nitrogen and oxygen atoms in total. The molecule has 8 heteroatoms. The van der Waals surface area contributed by atoms with E-state index in [1.54, 1.807) is 26.0 Å².